The Bertz CT molecular complexity index is 666. The van der Waals surface area contributed by atoms with Crippen molar-refractivity contribution in [2.75, 3.05) is 12.3 Å². The normalized spacial score (nSPS) is 10.5. The SMILES string of the molecule is O=C(NCCSCc1cccc(Cl)c1)c1ccc(Cl)cc1F. The number of carbonyl (C=O) groups is 1. The molecule has 1 N–H and O–H groups in total. The van der Waals surface area contributed by atoms with Gasteiger partial charge < -0.3 is 5.32 Å². The van der Waals surface area contributed by atoms with Crippen LogP contribution in [0.5, 0.6) is 0 Å². The van der Waals surface area contributed by atoms with Crippen LogP contribution in [-0.2, 0) is 5.75 Å². The lowest BCUT2D eigenvalue weighted by Crippen LogP contribution is -2.26. The molecule has 0 heterocycles. The molecule has 0 radical (unpaired) electrons. The van der Waals surface area contributed by atoms with Gasteiger partial charge in [-0.15, -0.1) is 0 Å². The Morgan fingerprint density at radius 3 is 2.64 bits per heavy atom. The summed E-state index contributed by atoms with van der Waals surface area (Å²) in [4.78, 5) is 11.8. The number of nitrogens with one attached hydrogen (secondary N) is 1. The minimum atomic E-state index is -0.614. The average Bonchev–Trinajstić information content (AvgIpc) is 2.46. The van der Waals surface area contributed by atoms with E-state index in [-0.39, 0.29) is 10.6 Å². The van der Waals surface area contributed by atoms with Crippen molar-refractivity contribution in [2.45, 2.75) is 5.75 Å². The Kier molecular flexibility index (Phi) is 6.55. The molecular weight excluding hydrogens is 344 g/mol. The number of benzene rings is 2. The standard InChI is InChI=1S/C16H14Cl2FNOS/c17-12-3-1-2-11(8-12)10-22-7-6-20-16(21)14-5-4-13(18)9-15(14)19/h1-5,8-9H,6-7,10H2,(H,20,21). The van der Waals surface area contributed by atoms with E-state index in [1.807, 2.05) is 24.3 Å². The first kappa shape index (κ1) is 17.1. The van der Waals surface area contributed by atoms with Gasteiger partial charge in [0.2, 0.25) is 0 Å². The van der Waals surface area contributed by atoms with Gasteiger partial charge in [-0.1, -0.05) is 35.3 Å². The molecule has 0 aliphatic rings. The molecule has 0 aliphatic carbocycles. The largest absolute Gasteiger partial charge is 0.351 e. The maximum atomic E-state index is 13.6. The highest BCUT2D eigenvalue weighted by molar-refractivity contribution is 7.98. The van der Waals surface area contributed by atoms with Gasteiger partial charge in [-0.2, -0.15) is 11.8 Å². The molecule has 0 spiro atoms. The highest BCUT2D eigenvalue weighted by Crippen LogP contribution is 2.17. The first-order valence-electron chi connectivity index (χ1n) is 6.61. The van der Waals surface area contributed by atoms with Gasteiger partial charge in [-0.05, 0) is 35.9 Å². The zero-order valence-electron chi connectivity index (χ0n) is 11.6. The molecule has 2 nitrogen and oxygen atoms in total. The monoisotopic (exact) mass is 357 g/mol. The molecule has 0 aliphatic heterocycles. The number of halogens is 3. The van der Waals surface area contributed by atoms with Crippen molar-refractivity contribution in [3.05, 3.63) is 69.5 Å². The first-order chi connectivity index (χ1) is 10.6. The van der Waals surface area contributed by atoms with Gasteiger partial charge in [0.1, 0.15) is 5.82 Å². The fraction of sp³-hybridized carbons (Fsp3) is 0.188. The minimum absolute atomic E-state index is 0.00393. The van der Waals surface area contributed by atoms with Gasteiger partial charge in [-0.25, -0.2) is 4.39 Å². The Labute approximate surface area is 143 Å². The van der Waals surface area contributed by atoms with Crippen molar-refractivity contribution in [1.29, 1.82) is 0 Å². The molecule has 116 valence electrons. The quantitative estimate of drug-likeness (QED) is 0.752. The molecular formula is C16H14Cl2FNOS. The molecule has 2 aromatic carbocycles. The smallest absolute Gasteiger partial charge is 0.254 e. The number of hydrogen-bond donors (Lipinski definition) is 1. The Hall–Kier alpha value is -1.23. The molecule has 2 rings (SSSR count). The molecule has 0 atom stereocenters. The maximum Gasteiger partial charge on any atom is 0.254 e. The molecule has 6 heteroatoms. The summed E-state index contributed by atoms with van der Waals surface area (Å²) >= 11 is 13.2. The van der Waals surface area contributed by atoms with E-state index in [1.54, 1.807) is 11.8 Å². The summed E-state index contributed by atoms with van der Waals surface area (Å²) in [5, 5.41) is 3.67. The summed E-state index contributed by atoms with van der Waals surface area (Å²) in [6.45, 7) is 0.464. The van der Waals surface area contributed by atoms with Crippen LogP contribution in [0.2, 0.25) is 10.0 Å². The van der Waals surface area contributed by atoms with E-state index >= 15 is 0 Å². The van der Waals surface area contributed by atoms with E-state index in [4.69, 9.17) is 23.2 Å². The third-order valence-electron chi connectivity index (χ3n) is 2.87. The fourth-order valence-corrected chi connectivity index (χ4v) is 3.00. The van der Waals surface area contributed by atoms with Crippen LogP contribution in [0.1, 0.15) is 15.9 Å². The molecule has 0 fully saturated rings. The predicted molar refractivity (Wildman–Crippen MR) is 91.4 cm³/mol. The van der Waals surface area contributed by atoms with Crippen LogP contribution >= 0.6 is 35.0 Å². The van der Waals surface area contributed by atoms with Crippen LogP contribution in [0.25, 0.3) is 0 Å². The molecule has 1 amide bonds. The first-order valence-corrected chi connectivity index (χ1v) is 8.53. The third-order valence-corrected chi connectivity index (χ3v) is 4.37. The third kappa shape index (κ3) is 5.20. The number of thioether (sulfide) groups is 1. The van der Waals surface area contributed by atoms with Crippen LogP contribution in [0.3, 0.4) is 0 Å². The Morgan fingerprint density at radius 1 is 1.14 bits per heavy atom. The van der Waals surface area contributed by atoms with Crippen molar-refractivity contribution in [2.24, 2.45) is 0 Å². The topological polar surface area (TPSA) is 29.1 Å². The number of carbonyl (C=O) groups excluding carboxylic acids is 1. The summed E-state index contributed by atoms with van der Waals surface area (Å²) in [7, 11) is 0. The van der Waals surface area contributed by atoms with Gasteiger partial charge in [0.25, 0.3) is 5.91 Å². The van der Waals surface area contributed by atoms with E-state index in [2.05, 4.69) is 5.32 Å². The molecule has 22 heavy (non-hydrogen) atoms. The molecule has 0 saturated heterocycles. The van der Waals surface area contributed by atoms with Crippen molar-refractivity contribution in [1.82, 2.24) is 5.32 Å². The molecule has 0 aromatic heterocycles. The molecule has 0 saturated carbocycles. The van der Waals surface area contributed by atoms with Gasteiger partial charge >= 0.3 is 0 Å². The van der Waals surface area contributed by atoms with E-state index < -0.39 is 11.7 Å². The zero-order valence-corrected chi connectivity index (χ0v) is 13.9. The molecule has 2 aromatic rings. The van der Waals surface area contributed by atoms with E-state index in [9.17, 15) is 9.18 Å². The van der Waals surface area contributed by atoms with Gasteiger partial charge in [0.15, 0.2) is 0 Å². The summed E-state index contributed by atoms with van der Waals surface area (Å²) < 4.78 is 13.6. The van der Waals surface area contributed by atoms with Crippen molar-refractivity contribution in [3.8, 4) is 0 Å². The lowest BCUT2D eigenvalue weighted by Gasteiger charge is -2.06. The maximum absolute atomic E-state index is 13.6. The Morgan fingerprint density at radius 2 is 1.91 bits per heavy atom. The number of hydrogen-bond acceptors (Lipinski definition) is 2. The summed E-state index contributed by atoms with van der Waals surface area (Å²) in [6, 6.07) is 11.7. The lowest BCUT2D eigenvalue weighted by molar-refractivity contribution is 0.0952. The predicted octanol–water partition coefficient (Wildman–Crippen LogP) is 4.80. The number of amides is 1. The second-order valence-corrected chi connectivity index (χ2v) is 6.54. The number of rotatable bonds is 6. The van der Waals surface area contributed by atoms with Crippen molar-refractivity contribution in [3.63, 3.8) is 0 Å². The zero-order chi connectivity index (χ0) is 15.9. The van der Waals surface area contributed by atoms with Gasteiger partial charge in [0.05, 0.1) is 5.56 Å². The second kappa shape index (κ2) is 8.42. The second-order valence-electron chi connectivity index (χ2n) is 4.56. The molecule has 0 bridgehead atoms. The van der Waals surface area contributed by atoms with Gasteiger partial charge in [-0.3, -0.25) is 4.79 Å². The van der Waals surface area contributed by atoms with E-state index in [0.717, 1.165) is 23.1 Å². The van der Waals surface area contributed by atoms with Crippen molar-refractivity contribution >= 4 is 40.9 Å². The Balaban J connectivity index is 1.73. The summed E-state index contributed by atoms with van der Waals surface area (Å²) in [6.07, 6.45) is 0. The summed E-state index contributed by atoms with van der Waals surface area (Å²) in [5.41, 5.74) is 1.14. The highest BCUT2D eigenvalue weighted by atomic mass is 35.5. The van der Waals surface area contributed by atoms with E-state index in [0.29, 0.717) is 11.6 Å². The van der Waals surface area contributed by atoms with Crippen LogP contribution < -0.4 is 5.32 Å². The van der Waals surface area contributed by atoms with Crippen LogP contribution in [-0.4, -0.2) is 18.2 Å². The minimum Gasteiger partial charge on any atom is -0.351 e. The van der Waals surface area contributed by atoms with E-state index in [1.165, 1.54) is 12.1 Å². The molecule has 0 unspecified atom stereocenters. The average molecular weight is 358 g/mol. The van der Waals surface area contributed by atoms with Crippen LogP contribution in [0.4, 0.5) is 4.39 Å². The fourth-order valence-electron chi connectivity index (χ4n) is 1.82. The van der Waals surface area contributed by atoms with Crippen LogP contribution in [0, 0.1) is 5.82 Å². The van der Waals surface area contributed by atoms with Crippen molar-refractivity contribution < 1.29 is 9.18 Å². The highest BCUT2D eigenvalue weighted by Gasteiger charge is 2.11. The van der Waals surface area contributed by atoms with Crippen LogP contribution in [0.15, 0.2) is 42.5 Å². The van der Waals surface area contributed by atoms with Gasteiger partial charge in [0, 0.05) is 28.1 Å². The summed E-state index contributed by atoms with van der Waals surface area (Å²) in [5.74, 6) is 0.494. The lowest BCUT2D eigenvalue weighted by atomic mass is 10.2.